The van der Waals surface area contributed by atoms with E-state index in [1.165, 1.54) is 0 Å². The Bertz CT molecular complexity index is 730. The second-order valence-corrected chi connectivity index (χ2v) is 4.75. The molecule has 0 aliphatic heterocycles. The molecule has 0 fully saturated rings. The van der Waals surface area contributed by atoms with E-state index in [4.69, 9.17) is 11.5 Å². The van der Waals surface area contributed by atoms with Crippen molar-refractivity contribution in [1.29, 1.82) is 0 Å². The molecule has 4 N–H and O–H groups in total. The van der Waals surface area contributed by atoms with E-state index in [2.05, 4.69) is 12.1 Å². The number of hydrogen-bond acceptors (Lipinski definition) is 2. The van der Waals surface area contributed by atoms with Crippen LogP contribution in [-0.4, -0.2) is 0 Å². The van der Waals surface area contributed by atoms with E-state index in [1.54, 1.807) is 0 Å². The molecule has 2 nitrogen and oxygen atoms in total. The van der Waals surface area contributed by atoms with Crippen molar-refractivity contribution in [2.24, 2.45) is 0 Å². The Kier molecular flexibility index (Phi) is 3.13. The summed E-state index contributed by atoms with van der Waals surface area (Å²) >= 11 is 0. The SMILES string of the molecule is Nc1ccc(-c2ccccc2-c2ccccc2N)cc1. The molecule has 0 aliphatic carbocycles. The third-order valence-corrected chi connectivity index (χ3v) is 3.40. The molecule has 0 unspecified atom stereocenters. The van der Waals surface area contributed by atoms with Crippen LogP contribution in [-0.2, 0) is 0 Å². The Morgan fingerprint density at radius 2 is 1.05 bits per heavy atom. The molecular formula is C18H16N2. The summed E-state index contributed by atoms with van der Waals surface area (Å²) in [5.41, 5.74) is 17.9. The molecule has 3 aromatic carbocycles. The standard InChI is InChI=1S/C18H16N2/c19-14-11-9-13(10-12-14)15-5-1-2-6-16(15)17-7-3-4-8-18(17)20/h1-12H,19-20H2. The van der Waals surface area contributed by atoms with Crippen LogP contribution in [0.3, 0.4) is 0 Å². The van der Waals surface area contributed by atoms with Gasteiger partial charge in [-0.3, -0.25) is 0 Å². The van der Waals surface area contributed by atoms with Crippen LogP contribution < -0.4 is 11.5 Å². The van der Waals surface area contributed by atoms with Crippen LogP contribution in [0.2, 0.25) is 0 Å². The Morgan fingerprint density at radius 1 is 0.500 bits per heavy atom. The second-order valence-electron chi connectivity index (χ2n) is 4.75. The van der Waals surface area contributed by atoms with Gasteiger partial charge in [-0.2, -0.15) is 0 Å². The third-order valence-electron chi connectivity index (χ3n) is 3.40. The molecule has 0 saturated heterocycles. The summed E-state index contributed by atoms with van der Waals surface area (Å²) in [4.78, 5) is 0. The van der Waals surface area contributed by atoms with Crippen LogP contribution in [0, 0.1) is 0 Å². The second kappa shape index (κ2) is 5.10. The topological polar surface area (TPSA) is 52.0 Å². The average molecular weight is 260 g/mol. The molecule has 0 aromatic heterocycles. The summed E-state index contributed by atoms with van der Waals surface area (Å²) in [5.74, 6) is 0. The van der Waals surface area contributed by atoms with Crippen molar-refractivity contribution < 1.29 is 0 Å². The normalized spacial score (nSPS) is 10.4. The van der Waals surface area contributed by atoms with E-state index in [0.717, 1.165) is 33.6 Å². The van der Waals surface area contributed by atoms with Crippen LogP contribution >= 0.6 is 0 Å². The van der Waals surface area contributed by atoms with Crippen molar-refractivity contribution in [2.45, 2.75) is 0 Å². The van der Waals surface area contributed by atoms with Gasteiger partial charge in [0.1, 0.15) is 0 Å². The number of anilines is 2. The average Bonchev–Trinajstić information content (AvgIpc) is 2.49. The predicted octanol–water partition coefficient (Wildman–Crippen LogP) is 4.19. The monoisotopic (exact) mass is 260 g/mol. The lowest BCUT2D eigenvalue weighted by molar-refractivity contribution is 1.57. The fourth-order valence-electron chi connectivity index (χ4n) is 2.37. The number of para-hydroxylation sites is 1. The van der Waals surface area contributed by atoms with Gasteiger partial charge >= 0.3 is 0 Å². The van der Waals surface area contributed by atoms with E-state index in [9.17, 15) is 0 Å². The summed E-state index contributed by atoms with van der Waals surface area (Å²) in [6, 6.07) is 24.1. The van der Waals surface area contributed by atoms with Crippen molar-refractivity contribution in [3.63, 3.8) is 0 Å². The zero-order chi connectivity index (χ0) is 13.9. The number of nitrogens with two attached hydrogens (primary N) is 2. The van der Waals surface area contributed by atoms with Crippen molar-refractivity contribution in [3.05, 3.63) is 72.8 Å². The zero-order valence-corrected chi connectivity index (χ0v) is 11.1. The van der Waals surface area contributed by atoms with Gasteiger partial charge in [0.2, 0.25) is 0 Å². The van der Waals surface area contributed by atoms with E-state index in [1.807, 2.05) is 60.7 Å². The number of rotatable bonds is 2. The molecule has 2 heteroatoms. The lowest BCUT2D eigenvalue weighted by Gasteiger charge is -2.12. The zero-order valence-electron chi connectivity index (χ0n) is 11.1. The predicted molar refractivity (Wildman–Crippen MR) is 86.1 cm³/mol. The molecule has 0 bridgehead atoms. The highest BCUT2D eigenvalue weighted by Crippen LogP contribution is 2.34. The van der Waals surface area contributed by atoms with Gasteiger partial charge in [-0.05, 0) is 34.9 Å². The van der Waals surface area contributed by atoms with Gasteiger partial charge < -0.3 is 11.5 Å². The first-order valence-electron chi connectivity index (χ1n) is 6.55. The van der Waals surface area contributed by atoms with Gasteiger partial charge in [0, 0.05) is 16.9 Å². The summed E-state index contributed by atoms with van der Waals surface area (Å²) in [6.07, 6.45) is 0. The quantitative estimate of drug-likeness (QED) is 0.679. The highest BCUT2D eigenvalue weighted by atomic mass is 14.6. The molecule has 0 atom stereocenters. The molecule has 0 saturated carbocycles. The van der Waals surface area contributed by atoms with Gasteiger partial charge in [-0.25, -0.2) is 0 Å². The van der Waals surface area contributed by atoms with E-state index in [-0.39, 0.29) is 0 Å². The van der Waals surface area contributed by atoms with Gasteiger partial charge in [0.05, 0.1) is 0 Å². The minimum atomic E-state index is 0.769. The first-order chi connectivity index (χ1) is 9.75. The number of benzene rings is 3. The Hall–Kier alpha value is -2.74. The van der Waals surface area contributed by atoms with Gasteiger partial charge in [0.15, 0.2) is 0 Å². The van der Waals surface area contributed by atoms with E-state index in [0.29, 0.717) is 0 Å². The van der Waals surface area contributed by atoms with Crippen LogP contribution in [0.4, 0.5) is 11.4 Å². The van der Waals surface area contributed by atoms with Gasteiger partial charge in [-0.1, -0.05) is 54.6 Å². The highest BCUT2D eigenvalue weighted by Gasteiger charge is 2.08. The summed E-state index contributed by atoms with van der Waals surface area (Å²) in [7, 11) is 0. The van der Waals surface area contributed by atoms with Crippen LogP contribution in [0.15, 0.2) is 72.8 Å². The van der Waals surface area contributed by atoms with Crippen LogP contribution in [0.25, 0.3) is 22.3 Å². The van der Waals surface area contributed by atoms with Crippen molar-refractivity contribution in [2.75, 3.05) is 11.5 Å². The summed E-state index contributed by atoms with van der Waals surface area (Å²) < 4.78 is 0. The third kappa shape index (κ3) is 2.24. The fraction of sp³-hybridized carbons (Fsp3) is 0. The minimum Gasteiger partial charge on any atom is -0.399 e. The molecule has 0 spiro atoms. The molecule has 3 rings (SSSR count). The molecule has 98 valence electrons. The van der Waals surface area contributed by atoms with Crippen LogP contribution in [0.5, 0.6) is 0 Å². The molecular weight excluding hydrogens is 244 g/mol. The Labute approximate surface area is 118 Å². The minimum absolute atomic E-state index is 0.769. The number of nitrogen functional groups attached to an aromatic ring is 2. The lowest BCUT2D eigenvalue weighted by atomic mass is 9.94. The van der Waals surface area contributed by atoms with Crippen molar-refractivity contribution in [3.8, 4) is 22.3 Å². The number of hydrogen-bond donors (Lipinski definition) is 2. The molecule has 3 aromatic rings. The maximum Gasteiger partial charge on any atom is 0.0393 e. The highest BCUT2D eigenvalue weighted by molar-refractivity contribution is 5.88. The first kappa shape index (κ1) is 12.3. The fourth-order valence-corrected chi connectivity index (χ4v) is 2.37. The molecule has 20 heavy (non-hydrogen) atoms. The molecule has 0 amide bonds. The van der Waals surface area contributed by atoms with Crippen LogP contribution in [0.1, 0.15) is 0 Å². The summed E-state index contributed by atoms with van der Waals surface area (Å²) in [6.45, 7) is 0. The molecule has 0 radical (unpaired) electrons. The smallest absolute Gasteiger partial charge is 0.0393 e. The van der Waals surface area contributed by atoms with E-state index >= 15 is 0 Å². The largest absolute Gasteiger partial charge is 0.399 e. The first-order valence-corrected chi connectivity index (χ1v) is 6.55. The van der Waals surface area contributed by atoms with Crippen molar-refractivity contribution >= 4 is 11.4 Å². The Balaban J connectivity index is 2.19. The Morgan fingerprint density at radius 3 is 1.70 bits per heavy atom. The molecule has 0 heterocycles. The maximum atomic E-state index is 6.10. The maximum absolute atomic E-state index is 6.10. The lowest BCUT2D eigenvalue weighted by Crippen LogP contribution is -1.92. The van der Waals surface area contributed by atoms with E-state index < -0.39 is 0 Å². The van der Waals surface area contributed by atoms with Crippen molar-refractivity contribution in [1.82, 2.24) is 0 Å². The summed E-state index contributed by atoms with van der Waals surface area (Å²) in [5, 5.41) is 0. The van der Waals surface area contributed by atoms with Gasteiger partial charge in [0.25, 0.3) is 0 Å². The molecule has 0 aliphatic rings. The van der Waals surface area contributed by atoms with Gasteiger partial charge in [-0.15, -0.1) is 0 Å².